The second-order valence-corrected chi connectivity index (χ2v) is 10.2. The molecule has 164 valence electrons. The van der Waals surface area contributed by atoms with Gasteiger partial charge in [-0.3, -0.25) is 4.79 Å². The van der Waals surface area contributed by atoms with Crippen LogP contribution in [0, 0.1) is 0 Å². The van der Waals surface area contributed by atoms with Crippen LogP contribution >= 0.6 is 0 Å². The van der Waals surface area contributed by atoms with Gasteiger partial charge in [0, 0.05) is 24.0 Å². The Morgan fingerprint density at radius 3 is 2.38 bits per heavy atom. The second kappa shape index (κ2) is 8.55. The van der Waals surface area contributed by atoms with Crippen molar-refractivity contribution in [2.75, 3.05) is 11.4 Å². The van der Waals surface area contributed by atoms with Gasteiger partial charge >= 0.3 is 0 Å². The molecule has 0 unspecified atom stereocenters. The molecule has 0 spiro atoms. The molecule has 0 saturated carbocycles. The minimum absolute atomic E-state index is 0.172. The van der Waals surface area contributed by atoms with Gasteiger partial charge in [-0.15, -0.1) is 0 Å². The number of aromatic nitrogens is 3. The molecule has 0 saturated heterocycles. The van der Waals surface area contributed by atoms with Crippen LogP contribution in [0.25, 0.3) is 22.4 Å². The first-order chi connectivity index (χ1) is 15.3. The minimum atomic E-state index is -3.35. The highest BCUT2D eigenvalue weighted by molar-refractivity contribution is 7.92. The zero-order chi connectivity index (χ0) is 22.9. The van der Waals surface area contributed by atoms with E-state index in [0.29, 0.717) is 29.0 Å². The van der Waals surface area contributed by atoms with Crippen LogP contribution in [-0.4, -0.2) is 41.1 Å². The lowest BCUT2D eigenvalue weighted by Gasteiger charge is -2.20. The maximum atomic E-state index is 13.3. The van der Waals surface area contributed by atoms with Gasteiger partial charge in [-0.1, -0.05) is 30.3 Å². The summed E-state index contributed by atoms with van der Waals surface area (Å²) < 4.78 is 24.7. The van der Waals surface area contributed by atoms with Crippen LogP contribution in [0.15, 0.2) is 71.9 Å². The van der Waals surface area contributed by atoms with E-state index in [0.717, 1.165) is 11.3 Å². The number of sulfone groups is 1. The number of para-hydroxylation sites is 1. The number of H-pyrrole nitrogens is 1. The van der Waals surface area contributed by atoms with Crippen LogP contribution in [0.3, 0.4) is 0 Å². The number of carbonyl (C=O) groups excluding carboxylic acids is 1. The number of anilines is 1. The number of hydrogen-bond acceptors (Lipinski definition) is 5. The van der Waals surface area contributed by atoms with E-state index in [1.54, 1.807) is 55.4 Å². The fourth-order valence-electron chi connectivity index (χ4n) is 3.48. The van der Waals surface area contributed by atoms with E-state index in [2.05, 4.69) is 15.0 Å². The monoisotopic (exact) mass is 448 g/mol. The van der Waals surface area contributed by atoms with Crippen molar-refractivity contribution in [2.45, 2.75) is 30.9 Å². The standard InChI is InChI=1S/C24H24N4O3S/c1-4-28(18-8-6-5-7-9-18)24(29)20-14-25-23-22(20)27-21(15-26-23)17-10-12-19(13-11-17)32(30,31)16(2)3/h5-16H,4H2,1-3H3,(H,25,26). The summed E-state index contributed by atoms with van der Waals surface area (Å²) in [5, 5.41) is -0.496. The molecule has 8 heteroatoms. The molecule has 0 aliphatic carbocycles. The zero-order valence-corrected chi connectivity index (χ0v) is 18.9. The number of carbonyl (C=O) groups is 1. The van der Waals surface area contributed by atoms with Gasteiger partial charge in [-0.05, 0) is 45.0 Å². The summed E-state index contributed by atoms with van der Waals surface area (Å²) in [5.41, 5.74) is 3.50. The van der Waals surface area contributed by atoms with Gasteiger partial charge in [0.25, 0.3) is 5.91 Å². The summed E-state index contributed by atoms with van der Waals surface area (Å²) in [6.45, 7) is 5.74. The number of amides is 1. The predicted octanol–water partition coefficient (Wildman–Crippen LogP) is 4.47. The van der Waals surface area contributed by atoms with E-state index in [1.165, 1.54) is 0 Å². The first-order valence-electron chi connectivity index (χ1n) is 10.4. The van der Waals surface area contributed by atoms with Gasteiger partial charge in [0.15, 0.2) is 15.5 Å². The maximum Gasteiger partial charge on any atom is 0.262 e. The quantitative estimate of drug-likeness (QED) is 0.469. The number of rotatable bonds is 6. The average molecular weight is 449 g/mol. The van der Waals surface area contributed by atoms with Crippen molar-refractivity contribution in [2.24, 2.45) is 0 Å². The van der Waals surface area contributed by atoms with E-state index < -0.39 is 15.1 Å². The molecule has 2 heterocycles. The Morgan fingerprint density at radius 2 is 1.75 bits per heavy atom. The van der Waals surface area contributed by atoms with Crippen molar-refractivity contribution in [3.05, 3.63) is 72.6 Å². The molecule has 0 aliphatic rings. The molecule has 2 aromatic carbocycles. The average Bonchev–Trinajstić information content (AvgIpc) is 3.23. The van der Waals surface area contributed by atoms with Crippen LogP contribution in [0.1, 0.15) is 31.1 Å². The summed E-state index contributed by atoms with van der Waals surface area (Å²) in [7, 11) is -3.35. The van der Waals surface area contributed by atoms with Crippen LogP contribution in [0.5, 0.6) is 0 Å². The predicted molar refractivity (Wildman–Crippen MR) is 125 cm³/mol. The summed E-state index contributed by atoms with van der Waals surface area (Å²) in [4.78, 5) is 27.3. The summed E-state index contributed by atoms with van der Waals surface area (Å²) >= 11 is 0. The van der Waals surface area contributed by atoms with Crippen molar-refractivity contribution >= 4 is 32.6 Å². The third-order valence-corrected chi connectivity index (χ3v) is 7.51. The van der Waals surface area contributed by atoms with Crippen molar-refractivity contribution in [3.63, 3.8) is 0 Å². The van der Waals surface area contributed by atoms with Crippen LogP contribution in [0.4, 0.5) is 5.69 Å². The topological polar surface area (TPSA) is 96.0 Å². The molecule has 0 fully saturated rings. The van der Waals surface area contributed by atoms with Gasteiger partial charge < -0.3 is 9.88 Å². The van der Waals surface area contributed by atoms with Crippen LogP contribution < -0.4 is 4.90 Å². The highest BCUT2D eigenvalue weighted by atomic mass is 32.2. The van der Waals surface area contributed by atoms with E-state index in [1.807, 2.05) is 37.3 Å². The third-order valence-electron chi connectivity index (χ3n) is 5.34. The first-order valence-corrected chi connectivity index (χ1v) is 11.9. The van der Waals surface area contributed by atoms with Gasteiger partial charge in [-0.25, -0.2) is 18.4 Å². The van der Waals surface area contributed by atoms with Gasteiger partial charge in [0.1, 0.15) is 5.52 Å². The fraction of sp³-hybridized carbons (Fsp3) is 0.208. The Bertz CT molecular complexity index is 1360. The lowest BCUT2D eigenvalue weighted by Crippen LogP contribution is -2.30. The molecule has 4 rings (SSSR count). The Labute approximate surface area is 187 Å². The smallest absolute Gasteiger partial charge is 0.262 e. The van der Waals surface area contributed by atoms with Crippen LogP contribution in [0.2, 0.25) is 0 Å². The van der Waals surface area contributed by atoms with Crippen LogP contribution in [-0.2, 0) is 9.84 Å². The molecule has 32 heavy (non-hydrogen) atoms. The molecule has 4 aromatic rings. The lowest BCUT2D eigenvalue weighted by atomic mass is 10.1. The molecule has 7 nitrogen and oxygen atoms in total. The summed E-state index contributed by atoms with van der Waals surface area (Å²) in [5.74, 6) is -0.172. The number of nitrogens with one attached hydrogen (secondary N) is 1. The largest absolute Gasteiger partial charge is 0.344 e. The SMILES string of the molecule is CCN(C(=O)c1c[nH]c2ncc(-c3ccc(S(=O)(=O)C(C)C)cc3)nc12)c1ccccc1. The maximum absolute atomic E-state index is 13.3. The Hall–Kier alpha value is -3.52. The summed E-state index contributed by atoms with van der Waals surface area (Å²) in [6, 6.07) is 16.0. The molecule has 2 aromatic heterocycles. The van der Waals surface area contributed by atoms with Crippen molar-refractivity contribution < 1.29 is 13.2 Å². The molecule has 1 N–H and O–H groups in total. The summed E-state index contributed by atoms with van der Waals surface area (Å²) in [6.07, 6.45) is 3.23. The van der Waals surface area contributed by atoms with Gasteiger partial charge in [-0.2, -0.15) is 0 Å². The fourth-order valence-corrected chi connectivity index (χ4v) is 4.54. The molecule has 1 amide bonds. The Morgan fingerprint density at radius 1 is 1.06 bits per heavy atom. The van der Waals surface area contributed by atoms with Gasteiger partial charge in [0.05, 0.1) is 27.6 Å². The number of nitrogens with zero attached hydrogens (tertiary/aromatic N) is 3. The highest BCUT2D eigenvalue weighted by Gasteiger charge is 2.22. The molecule has 0 bridgehead atoms. The molecular weight excluding hydrogens is 424 g/mol. The molecule has 0 atom stereocenters. The van der Waals surface area contributed by atoms with E-state index in [4.69, 9.17) is 0 Å². The van der Waals surface area contributed by atoms with Crippen molar-refractivity contribution in [1.82, 2.24) is 15.0 Å². The van der Waals surface area contributed by atoms with E-state index >= 15 is 0 Å². The number of hydrogen-bond donors (Lipinski definition) is 1. The lowest BCUT2D eigenvalue weighted by molar-refractivity contribution is 0.0989. The highest BCUT2D eigenvalue weighted by Crippen LogP contribution is 2.25. The van der Waals surface area contributed by atoms with E-state index in [9.17, 15) is 13.2 Å². The third kappa shape index (κ3) is 3.89. The Kier molecular flexibility index (Phi) is 5.80. The molecule has 0 aliphatic heterocycles. The number of fused-ring (bicyclic) bond motifs is 1. The zero-order valence-electron chi connectivity index (χ0n) is 18.1. The number of benzene rings is 2. The minimum Gasteiger partial charge on any atom is -0.344 e. The van der Waals surface area contributed by atoms with Crippen molar-refractivity contribution in [1.29, 1.82) is 0 Å². The Balaban J connectivity index is 1.71. The van der Waals surface area contributed by atoms with Gasteiger partial charge in [0.2, 0.25) is 0 Å². The molecular formula is C24H24N4O3S. The normalized spacial score (nSPS) is 11.8. The number of aromatic amines is 1. The van der Waals surface area contributed by atoms with E-state index in [-0.39, 0.29) is 10.8 Å². The van der Waals surface area contributed by atoms with Crippen molar-refractivity contribution in [3.8, 4) is 11.3 Å². The second-order valence-electron chi connectivity index (χ2n) is 7.66. The first kappa shape index (κ1) is 21.7. The molecule has 0 radical (unpaired) electrons.